The van der Waals surface area contributed by atoms with E-state index < -0.39 is 59.7 Å². The number of aliphatic hydroxyl groups is 3. The van der Waals surface area contributed by atoms with E-state index in [1.807, 2.05) is 0 Å². The van der Waals surface area contributed by atoms with Crippen molar-refractivity contribution < 1.29 is 44.3 Å². The molecule has 1 heterocycles. The van der Waals surface area contributed by atoms with Crippen molar-refractivity contribution in [2.24, 2.45) is 5.92 Å². The topological polar surface area (TPSA) is 195 Å². The molecule has 1 aliphatic rings. The molecule has 58 heavy (non-hydrogen) atoms. The average molecular weight is 844 g/mol. The Bertz CT molecular complexity index is 1060. The number of aliphatic carboxylic acids is 1. The van der Waals surface area contributed by atoms with E-state index in [2.05, 4.69) is 29.8 Å². The van der Waals surface area contributed by atoms with Crippen LogP contribution in [-0.4, -0.2) is 98.9 Å². The largest absolute Gasteiger partial charge is 0.481 e. The lowest BCUT2D eigenvalue weighted by Gasteiger charge is -2.39. The number of carbonyl (C=O) groups is 4. The molecular formula is C45H85N3O9S. The van der Waals surface area contributed by atoms with E-state index in [1.54, 1.807) is 6.92 Å². The van der Waals surface area contributed by atoms with Crippen LogP contribution in [0.5, 0.6) is 0 Å². The average Bonchev–Trinajstić information content (AvgIpc) is 3.21. The van der Waals surface area contributed by atoms with Gasteiger partial charge in [0.15, 0.2) is 0 Å². The van der Waals surface area contributed by atoms with Crippen LogP contribution in [0, 0.1) is 5.92 Å². The molecule has 0 bridgehead atoms. The van der Waals surface area contributed by atoms with Gasteiger partial charge in [-0.3, -0.25) is 19.2 Å². The highest BCUT2D eigenvalue weighted by Crippen LogP contribution is 2.29. The molecule has 1 saturated heterocycles. The van der Waals surface area contributed by atoms with Crippen LogP contribution in [0.2, 0.25) is 0 Å². The third kappa shape index (κ3) is 25.0. The van der Waals surface area contributed by atoms with Crippen LogP contribution in [0.3, 0.4) is 0 Å². The minimum atomic E-state index is -1.45. The fourth-order valence-electron chi connectivity index (χ4n) is 7.67. The maximum absolute atomic E-state index is 14.1. The van der Waals surface area contributed by atoms with Gasteiger partial charge in [-0.05, 0) is 26.2 Å². The van der Waals surface area contributed by atoms with Crippen molar-refractivity contribution in [2.75, 3.05) is 12.8 Å². The number of carbonyl (C=O) groups excluding carboxylic acids is 3. The van der Waals surface area contributed by atoms with Gasteiger partial charge in [-0.1, -0.05) is 168 Å². The molecule has 1 aliphatic heterocycles. The molecule has 0 unspecified atom stereocenters. The van der Waals surface area contributed by atoms with Crippen molar-refractivity contribution in [1.29, 1.82) is 0 Å². The summed E-state index contributed by atoms with van der Waals surface area (Å²) in [6.45, 7) is 6.06. The highest BCUT2D eigenvalue weighted by molar-refractivity contribution is 7.99. The van der Waals surface area contributed by atoms with Crippen LogP contribution in [0.25, 0.3) is 0 Å². The van der Waals surface area contributed by atoms with Gasteiger partial charge < -0.3 is 41.1 Å². The molecule has 1 rings (SSSR count). The first-order chi connectivity index (χ1) is 28.0. The van der Waals surface area contributed by atoms with Gasteiger partial charge in [0.05, 0.1) is 6.10 Å². The maximum atomic E-state index is 14.1. The van der Waals surface area contributed by atoms with E-state index in [1.165, 1.54) is 123 Å². The second-order valence-corrected chi connectivity index (χ2v) is 17.9. The van der Waals surface area contributed by atoms with Gasteiger partial charge in [-0.2, -0.15) is 0 Å². The quantitative estimate of drug-likeness (QED) is 0.0302. The second kappa shape index (κ2) is 34.7. The molecule has 1 fully saturated rings. The van der Waals surface area contributed by atoms with Crippen LogP contribution in [-0.2, 0) is 23.9 Å². The number of thioether (sulfide) groups is 1. The van der Waals surface area contributed by atoms with Crippen LogP contribution in [0.1, 0.15) is 201 Å². The molecule has 0 aromatic rings. The first kappa shape index (κ1) is 54.1. The minimum Gasteiger partial charge on any atom is -0.481 e. The summed E-state index contributed by atoms with van der Waals surface area (Å²) in [6, 6.07) is -2.28. The van der Waals surface area contributed by atoms with Gasteiger partial charge in [0.25, 0.3) is 0 Å². The van der Waals surface area contributed by atoms with Gasteiger partial charge in [0.2, 0.25) is 17.7 Å². The number of carboxylic acids is 1. The number of likely N-dealkylation sites (N-methyl/N-ethyl adjacent to an activating group) is 1. The number of hydrogen-bond donors (Lipinski definition) is 7. The Morgan fingerprint density at radius 3 is 1.38 bits per heavy atom. The van der Waals surface area contributed by atoms with Crippen LogP contribution in [0.15, 0.2) is 0 Å². The van der Waals surface area contributed by atoms with Gasteiger partial charge in [-0.25, -0.2) is 0 Å². The van der Waals surface area contributed by atoms with Gasteiger partial charge in [-0.15, -0.1) is 11.8 Å². The third-order valence-electron chi connectivity index (χ3n) is 11.6. The van der Waals surface area contributed by atoms with E-state index in [-0.39, 0.29) is 30.4 Å². The predicted molar refractivity (Wildman–Crippen MR) is 234 cm³/mol. The highest BCUT2D eigenvalue weighted by Gasteiger charge is 2.42. The fraction of sp³-hybridized carbons (Fsp3) is 0.911. The molecule has 340 valence electrons. The van der Waals surface area contributed by atoms with Crippen molar-refractivity contribution in [2.45, 2.75) is 242 Å². The Balaban J connectivity index is 2.93. The van der Waals surface area contributed by atoms with E-state index in [4.69, 9.17) is 4.74 Å². The Hall–Kier alpha value is -1.93. The molecule has 0 aromatic carbocycles. The van der Waals surface area contributed by atoms with Crippen molar-refractivity contribution in [3.05, 3.63) is 0 Å². The number of aliphatic hydroxyl groups excluding tert-OH is 3. The van der Waals surface area contributed by atoms with Crippen molar-refractivity contribution in [1.82, 2.24) is 16.0 Å². The Labute approximate surface area is 356 Å². The molecule has 13 heteroatoms. The number of hydrogen-bond acceptors (Lipinski definition) is 9. The van der Waals surface area contributed by atoms with Gasteiger partial charge in [0.1, 0.15) is 35.8 Å². The third-order valence-corrected chi connectivity index (χ3v) is 12.8. The molecule has 3 amide bonds. The van der Waals surface area contributed by atoms with E-state index in [0.29, 0.717) is 12.8 Å². The van der Waals surface area contributed by atoms with Gasteiger partial charge in [0, 0.05) is 25.1 Å². The number of amides is 3. The molecule has 0 saturated carbocycles. The molecule has 0 spiro atoms. The van der Waals surface area contributed by atoms with E-state index in [0.717, 1.165) is 50.3 Å². The van der Waals surface area contributed by atoms with Crippen molar-refractivity contribution in [3.8, 4) is 0 Å². The van der Waals surface area contributed by atoms with Crippen LogP contribution >= 0.6 is 11.8 Å². The smallest absolute Gasteiger partial charge is 0.303 e. The Morgan fingerprint density at radius 2 is 0.966 bits per heavy atom. The van der Waals surface area contributed by atoms with Gasteiger partial charge >= 0.3 is 5.97 Å². The normalized spacial score (nSPS) is 20.4. The first-order valence-electron chi connectivity index (χ1n) is 23.3. The Kier molecular flexibility index (Phi) is 32.4. The van der Waals surface area contributed by atoms with E-state index >= 15 is 0 Å². The molecule has 7 N–H and O–H groups in total. The lowest BCUT2D eigenvalue weighted by molar-refractivity contribution is -0.192. The second-order valence-electron chi connectivity index (χ2n) is 16.7. The standard InChI is InChI=1S/C45H85N3O9S/c1-5-7-9-11-13-15-17-19-21-23-25-27-29-35(30-28-26-24-22-20-18-16-14-12-10-8-6-2)42(54)48-37(33-58-45-41(53)40(52)39(51)34(3)57-45)44(56)47-36(43(55)46-4)31-32-38(49)50/h34-37,39-41,45,51-53H,5-33H2,1-4H3,(H,46,55)(H,47,56)(H,48,54)(H,49,50)/t34-,36-,37+,39+,40+,41-,45-/m0/s1. The zero-order chi connectivity index (χ0) is 43.0. The van der Waals surface area contributed by atoms with Crippen molar-refractivity contribution >= 4 is 35.5 Å². The molecule has 0 aromatic heterocycles. The first-order valence-corrected chi connectivity index (χ1v) is 24.4. The highest BCUT2D eigenvalue weighted by atomic mass is 32.2. The number of rotatable bonds is 37. The molecule has 0 radical (unpaired) electrons. The fourth-order valence-corrected chi connectivity index (χ4v) is 8.90. The summed E-state index contributed by atoms with van der Waals surface area (Å²) in [5.41, 5.74) is -0.986. The summed E-state index contributed by atoms with van der Waals surface area (Å²) in [5.74, 6) is -2.93. The SMILES string of the molecule is CCCCCCCCCCCCCCC(CCCCCCCCCCCCCC)C(=O)N[C@H](CS[C@@H]1O[C@@H](C)[C@@H](O)[C@@H](O)[C@@H]1O)C(=O)N[C@@H](CCC(=O)O)C(=O)NC. The zero-order valence-electron chi connectivity index (χ0n) is 36.9. The molecule has 0 aliphatic carbocycles. The van der Waals surface area contributed by atoms with Crippen LogP contribution < -0.4 is 16.0 Å². The zero-order valence-corrected chi connectivity index (χ0v) is 37.7. The van der Waals surface area contributed by atoms with Crippen molar-refractivity contribution in [3.63, 3.8) is 0 Å². The lowest BCUT2D eigenvalue weighted by Crippen LogP contribution is -2.57. The monoisotopic (exact) mass is 844 g/mol. The summed E-state index contributed by atoms with van der Waals surface area (Å²) in [4.78, 5) is 51.8. The summed E-state index contributed by atoms with van der Waals surface area (Å²) in [5, 5.41) is 48.5. The van der Waals surface area contributed by atoms with E-state index in [9.17, 15) is 39.6 Å². The number of carboxylic acid groups (broad SMARTS) is 1. The molecular weight excluding hydrogens is 759 g/mol. The number of unbranched alkanes of at least 4 members (excludes halogenated alkanes) is 22. The maximum Gasteiger partial charge on any atom is 0.303 e. The summed E-state index contributed by atoms with van der Waals surface area (Å²) in [7, 11) is 1.40. The lowest BCUT2D eigenvalue weighted by atomic mass is 9.93. The molecule has 7 atom stereocenters. The predicted octanol–water partition coefficient (Wildman–Crippen LogP) is 7.93. The number of nitrogens with one attached hydrogen (secondary N) is 3. The number of ether oxygens (including phenoxy) is 1. The Morgan fingerprint density at radius 1 is 0.552 bits per heavy atom. The summed E-state index contributed by atoms with van der Waals surface area (Å²) >= 11 is 1.03. The van der Waals surface area contributed by atoms with Crippen LogP contribution in [0.4, 0.5) is 0 Å². The summed E-state index contributed by atoms with van der Waals surface area (Å²) < 4.78 is 5.75. The summed E-state index contributed by atoms with van der Waals surface area (Å²) in [6.07, 6.45) is 25.3. The minimum absolute atomic E-state index is 0.0574. The molecule has 12 nitrogen and oxygen atoms in total.